The zero-order valence-electron chi connectivity index (χ0n) is 13.5. The third-order valence-corrected chi connectivity index (χ3v) is 5.64. The highest BCUT2D eigenvalue weighted by Crippen LogP contribution is 2.43. The Hall–Kier alpha value is -0.760. The number of carbonyl (C=O) groups is 2. The van der Waals surface area contributed by atoms with Crippen molar-refractivity contribution in [1.82, 2.24) is 0 Å². The molecule has 0 aliphatic carbocycles. The van der Waals surface area contributed by atoms with Gasteiger partial charge in [-0.2, -0.15) is 0 Å². The topological polar surface area (TPSA) is 34.1 Å². The maximum atomic E-state index is 12.3. The SMILES string of the molecule is CCCC(c1ccccc1)C(c1ccccc1)C(C(=O)I)C(=O)I. The molecule has 2 nitrogen and oxygen atoms in total. The van der Waals surface area contributed by atoms with Gasteiger partial charge in [-0.25, -0.2) is 0 Å². The van der Waals surface area contributed by atoms with Crippen LogP contribution in [0.5, 0.6) is 0 Å². The molecule has 0 bridgehead atoms. The van der Waals surface area contributed by atoms with Gasteiger partial charge in [-0.3, -0.25) is 9.59 Å². The van der Waals surface area contributed by atoms with E-state index in [1.807, 2.05) is 48.5 Å². The fraction of sp³-hybridized carbons (Fsp3) is 0.300. The van der Waals surface area contributed by atoms with Gasteiger partial charge in [0.2, 0.25) is 7.58 Å². The molecule has 0 spiro atoms. The second-order valence-corrected chi connectivity index (χ2v) is 7.95. The van der Waals surface area contributed by atoms with E-state index in [2.05, 4.69) is 19.1 Å². The summed E-state index contributed by atoms with van der Waals surface area (Å²) in [6.07, 6.45) is 1.94. The van der Waals surface area contributed by atoms with Crippen LogP contribution in [0.25, 0.3) is 0 Å². The molecule has 2 aromatic carbocycles. The van der Waals surface area contributed by atoms with E-state index >= 15 is 0 Å². The van der Waals surface area contributed by atoms with Gasteiger partial charge in [-0.05, 0) is 23.5 Å². The second kappa shape index (κ2) is 9.65. The van der Waals surface area contributed by atoms with Crippen LogP contribution in [0.4, 0.5) is 0 Å². The highest BCUT2D eigenvalue weighted by Gasteiger charge is 2.38. The van der Waals surface area contributed by atoms with Gasteiger partial charge in [-0.15, -0.1) is 0 Å². The highest BCUT2D eigenvalue weighted by molar-refractivity contribution is 14.1. The van der Waals surface area contributed by atoms with Gasteiger partial charge >= 0.3 is 0 Å². The molecule has 0 fully saturated rings. The first-order valence-corrected chi connectivity index (χ1v) is 10.2. The maximum Gasteiger partial charge on any atom is 0.204 e. The summed E-state index contributed by atoms with van der Waals surface area (Å²) in [5, 5.41) is 0. The van der Waals surface area contributed by atoms with Gasteiger partial charge in [0.1, 0.15) is 5.92 Å². The average Bonchev–Trinajstić information content (AvgIpc) is 2.58. The lowest BCUT2D eigenvalue weighted by Crippen LogP contribution is -2.28. The lowest BCUT2D eigenvalue weighted by atomic mass is 9.73. The van der Waals surface area contributed by atoms with E-state index in [1.165, 1.54) is 5.56 Å². The fourth-order valence-electron chi connectivity index (χ4n) is 3.27. The Kier molecular flexibility index (Phi) is 7.87. The first-order valence-electron chi connectivity index (χ1n) is 8.04. The lowest BCUT2D eigenvalue weighted by molar-refractivity contribution is -0.122. The predicted molar refractivity (Wildman–Crippen MR) is 115 cm³/mol. The minimum atomic E-state index is -0.620. The van der Waals surface area contributed by atoms with Crippen molar-refractivity contribution in [3.05, 3.63) is 71.8 Å². The number of halogens is 2. The van der Waals surface area contributed by atoms with Crippen molar-refractivity contribution in [2.24, 2.45) is 5.92 Å². The molecular weight excluding hydrogens is 526 g/mol. The van der Waals surface area contributed by atoms with Gasteiger partial charge in [0.15, 0.2) is 0 Å². The summed E-state index contributed by atoms with van der Waals surface area (Å²) in [5.74, 6) is -0.617. The molecule has 2 rings (SSSR count). The van der Waals surface area contributed by atoms with Crippen LogP contribution in [-0.4, -0.2) is 7.58 Å². The summed E-state index contributed by atoms with van der Waals surface area (Å²) >= 11 is 3.56. The van der Waals surface area contributed by atoms with Crippen LogP contribution >= 0.6 is 45.2 Å². The van der Waals surface area contributed by atoms with Crippen LogP contribution in [0.15, 0.2) is 60.7 Å². The molecular formula is C20H20I2O2. The van der Waals surface area contributed by atoms with E-state index in [-0.39, 0.29) is 19.4 Å². The minimum Gasteiger partial charge on any atom is -0.287 e. The Balaban J connectivity index is 2.58. The van der Waals surface area contributed by atoms with Crippen molar-refractivity contribution in [1.29, 1.82) is 0 Å². The largest absolute Gasteiger partial charge is 0.287 e. The van der Waals surface area contributed by atoms with Gasteiger partial charge in [0.25, 0.3) is 0 Å². The Labute approximate surface area is 170 Å². The molecule has 2 aromatic rings. The number of benzene rings is 2. The summed E-state index contributed by atoms with van der Waals surface area (Å²) in [4.78, 5) is 24.6. The molecule has 0 heterocycles. The Bertz CT molecular complexity index is 657. The van der Waals surface area contributed by atoms with Crippen LogP contribution in [0.1, 0.15) is 42.7 Å². The van der Waals surface area contributed by atoms with Crippen molar-refractivity contribution >= 4 is 52.8 Å². The Morgan fingerprint density at radius 3 is 1.71 bits per heavy atom. The normalized spacial score (nSPS) is 13.5. The molecule has 4 heteroatoms. The Morgan fingerprint density at radius 1 is 0.833 bits per heavy atom. The van der Waals surface area contributed by atoms with Gasteiger partial charge in [0.05, 0.1) is 0 Å². The molecule has 0 aliphatic heterocycles. The van der Waals surface area contributed by atoms with Crippen LogP contribution < -0.4 is 0 Å². The molecule has 2 atom stereocenters. The molecule has 0 amide bonds. The van der Waals surface area contributed by atoms with Crippen molar-refractivity contribution in [3.63, 3.8) is 0 Å². The molecule has 0 saturated carbocycles. The lowest BCUT2D eigenvalue weighted by Gasteiger charge is -2.31. The van der Waals surface area contributed by atoms with Gasteiger partial charge in [0, 0.05) is 51.1 Å². The summed E-state index contributed by atoms with van der Waals surface area (Å²) in [6.45, 7) is 2.14. The summed E-state index contributed by atoms with van der Waals surface area (Å²) in [5.41, 5.74) is 2.24. The van der Waals surface area contributed by atoms with Crippen LogP contribution in [0, 0.1) is 5.92 Å². The highest BCUT2D eigenvalue weighted by atomic mass is 127. The van der Waals surface area contributed by atoms with Crippen molar-refractivity contribution in [2.45, 2.75) is 31.6 Å². The Morgan fingerprint density at radius 2 is 1.29 bits per heavy atom. The molecule has 24 heavy (non-hydrogen) atoms. The quantitative estimate of drug-likeness (QED) is 0.235. The molecule has 2 unspecified atom stereocenters. The van der Waals surface area contributed by atoms with Crippen molar-refractivity contribution < 1.29 is 9.59 Å². The number of carbonyl (C=O) groups excluding carboxylic acids is 2. The monoisotopic (exact) mass is 546 g/mol. The zero-order valence-corrected chi connectivity index (χ0v) is 17.8. The number of hydrogen-bond acceptors (Lipinski definition) is 2. The van der Waals surface area contributed by atoms with Gasteiger partial charge < -0.3 is 0 Å². The van der Waals surface area contributed by atoms with E-state index in [9.17, 15) is 9.59 Å². The van der Waals surface area contributed by atoms with Crippen LogP contribution in [0.3, 0.4) is 0 Å². The smallest absolute Gasteiger partial charge is 0.204 e. The second-order valence-electron chi connectivity index (χ2n) is 5.83. The van der Waals surface area contributed by atoms with Crippen LogP contribution in [-0.2, 0) is 9.59 Å². The molecule has 0 aromatic heterocycles. The zero-order chi connectivity index (χ0) is 17.5. The molecule has 0 aliphatic rings. The number of rotatable bonds is 8. The summed E-state index contributed by atoms with van der Waals surface area (Å²) in [6, 6.07) is 20.2. The predicted octanol–water partition coefficient (Wildman–Crippen LogP) is 5.89. The van der Waals surface area contributed by atoms with E-state index in [0.29, 0.717) is 0 Å². The first kappa shape index (κ1) is 19.6. The molecule has 0 saturated heterocycles. The first-order chi connectivity index (χ1) is 11.6. The van der Waals surface area contributed by atoms with E-state index < -0.39 is 5.92 Å². The molecule has 0 N–H and O–H groups in total. The van der Waals surface area contributed by atoms with Gasteiger partial charge in [-0.1, -0.05) is 74.0 Å². The summed E-state index contributed by atoms with van der Waals surface area (Å²) < 4.78 is -0.171. The van der Waals surface area contributed by atoms with E-state index in [1.54, 1.807) is 45.2 Å². The van der Waals surface area contributed by atoms with Crippen molar-refractivity contribution in [2.75, 3.05) is 0 Å². The molecule has 0 radical (unpaired) electrons. The van der Waals surface area contributed by atoms with E-state index in [0.717, 1.165) is 18.4 Å². The standard InChI is InChI=1S/C20H20I2O2/c1-2-9-16(14-10-5-3-6-11-14)17(15-12-7-4-8-13-15)18(19(21)23)20(22)24/h3-8,10-13,16-18H,2,9H2,1H3. The summed E-state index contributed by atoms with van der Waals surface area (Å²) in [7, 11) is 0. The molecule has 126 valence electrons. The average molecular weight is 546 g/mol. The third-order valence-electron chi connectivity index (χ3n) is 4.29. The van der Waals surface area contributed by atoms with Crippen LogP contribution in [0.2, 0.25) is 0 Å². The van der Waals surface area contributed by atoms with Crippen molar-refractivity contribution in [3.8, 4) is 0 Å². The van der Waals surface area contributed by atoms with E-state index in [4.69, 9.17) is 0 Å². The fourth-order valence-corrected chi connectivity index (χ4v) is 5.21. The minimum absolute atomic E-state index is 0.0853. The maximum absolute atomic E-state index is 12.3. The third kappa shape index (κ3) is 4.88. The number of hydrogen-bond donors (Lipinski definition) is 0.